The van der Waals surface area contributed by atoms with E-state index in [1.165, 1.54) is 28.8 Å². The van der Waals surface area contributed by atoms with Gasteiger partial charge in [0.25, 0.3) is 0 Å². The number of nitrogens with zero attached hydrogens (tertiary/aromatic N) is 3. The highest BCUT2D eigenvalue weighted by molar-refractivity contribution is 7.89. The summed E-state index contributed by atoms with van der Waals surface area (Å²) in [4.78, 5) is 29.9. The molecule has 218 valence electrons. The molecule has 6 rings (SSSR count). The van der Waals surface area contributed by atoms with Crippen molar-refractivity contribution in [2.45, 2.75) is 50.0 Å². The number of amides is 1. The Balaban J connectivity index is 1.50. The van der Waals surface area contributed by atoms with Crippen molar-refractivity contribution in [1.29, 1.82) is 0 Å². The van der Waals surface area contributed by atoms with E-state index in [2.05, 4.69) is 9.55 Å². The molecule has 9 nitrogen and oxygen atoms in total. The quantitative estimate of drug-likeness (QED) is 0.265. The number of hydrogen-bond donors (Lipinski definition) is 2. The number of aromatic carboxylic acids is 1. The lowest BCUT2D eigenvalue weighted by molar-refractivity contribution is -0.119. The van der Waals surface area contributed by atoms with Crippen LogP contribution in [0.4, 0.5) is 10.1 Å². The molecule has 3 N–H and O–H groups in total. The summed E-state index contributed by atoms with van der Waals surface area (Å²) in [5, 5.41) is 16.8. The highest BCUT2D eigenvalue weighted by atomic mass is 32.2. The molecular weight excluding hydrogens is 579 g/mol. The first-order valence-electron chi connectivity index (χ1n) is 13.7. The van der Waals surface area contributed by atoms with Gasteiger partial charge in [0.2, 0.25) is 15.9 Å². The lowest BCUT2D eigenvalue weighted by Crippen LogP contribution is -2.35. The average Bonchev–Trinajstić information content (AvgIpc) is 3.50. The van der Waals surface area contributed by atoms with Crippen molar-refractivity contribution in [2.75, 3.05) is 11.4 Å². The number of rotatable bonds is 9. The van der Waals surface area contributed by atoms with Crippen molar-refractivity contribution in [3.05, 3.63) is 76.7 Å². The Bertz CT molecular complexity index is 1810. The first-order valence-corrected chi connectivity index (χ1v) is 16.1. The monoisotopic (exact) mass is 608 g/mol. The molecule has 0 spiro atoms. The second-order valence-electron chi connectivity index (χ2n) is 10.8. The lowest BCUT2D eigenvalue weighted by Gasteiger charge is -2.27. The van der Waals surface area contributed by atoms with Crippen LogP contribution in [0.1, 0.15) is 53.8 Å². The maximum Gasteiger partial charge on any atom is 0.355 e. The third kappa shape index (κ3) is 5.74. The third-order valence-electron chi connectivity index (χ3n) is 7.76. The zero-order valence-corrected chi connectivity index (χ0v) is 24.3. The molecule has 4 aromatic rings. The van der Waals surface area contributed by atoms with Gasteiger partial charge in [-0.05, 0) is 73.9 Å². The van der Waals surface area contributed by atoms with Gasteiger partial charge < -0.3 is 14.6 Å². The van der Waals surface area contributed by atoms with Gasteiger partial charge in [-0.15, -0.1) is 11.3 Å². The third-order valence-corrected chi connectivity index (χ3v) is 9.58. The van der Waals surface area contributed by atoms with Crippen molar-refractivity contribution >= 4 is 38.9 Å². The fourth-order valence-corrected chi connectivity index (χ4v) is 6.89. The highest BCUT2D eigenvalue weighted by Crippen LogP contribution is 2.41. The van der Waals surface area contributed by atoms with Crippen LogP contribution >= 0.6 is 11.3 Å². The van der Waals surface area contributed by atoms with E-state index in [-0.39, 0.29) is 18.1 Å². The van der Waals surface area contributed by atoms with Gasteiger partial charge in [-0.2, -0.15) is 0 Å². The zero-order valence-electron chi connectivity index (χ0n) is 22.6. The summed E-state index contributed by atoms with van der Waals surface area (Å²) in [5.74, 6) is -1.49. The van der Waals surface area contributed by atoms with Gasteiger partial charge in [-0.3, -0.25) is 4.79 Å². The van der Waals surface area contributed by atoms with Crippen LogP contribution in [0, 0.1) is 11.7 Å². The molecule has 2 aromatic heterocycles. The van der Waals surface area contributed by atoms with Gasteiger partial charge in [0.15, 0.2) is 5.69 Å². The minimum absolute atomic E-state index is 0.0343. The topological polar surface area (TPSA) is 136 Å². The second-order valence-corrected chi connectivity index (χ2v) is 13.2. The molecule has 1 aliphatic carbocycles. The fourth-order valence-electron chi connectivity index (χ4n) is 5.47. The SMILES string of the molecule is NS(=O)(=O)c1ccc(Cn2c(-c3cccc(N4CCCCC4=O)c3)cc(-c3nc(C(=O)O)cs3)c2CC2CC2)cc1F. The van der Waals surface area contributed by atoms with Crippen molar-refractivity contribution in [3.63, 3.8) is 0 Å². The molecule has 1 aliphatic heterocycles. The van der Waals surface area contributed by atoms with E-state index < -0.39 is 26.7 Å². The highest BCUT2D eigenvalue weighted by Gasteiger charge is 2.29. The van der Waals surface area contributed by atoms with Crippen molar-refractivity contribution in [3.8, 4) is 21.8 Å². The van der Waals surface area contributed by atoms with Crippen LogP contribution < -0.4 is 10.0 Å². The number of sulfonamides is 1. The number of carbonyl (C=O) groups excluding carboxylic acids is 1. The van der Waals surface area contributed by atoms with Crippen LogP contribution in [0.25, 0.3) is 21.8 Å². The zero-order chi connectivity index (χ0) is 29.6. The van der Waals surface area contributed by atoms with E-state index in [1.807, 2.05) is 30.3 Å². The number of hydrogen-bond acceptors (Lipinski definition) is 6. The molecule has 2 fully saturated rings. The van der Waals surface area contributed by atoms with E-state index in [1.54, 1.807) is 11.0 Å². The first-order chi connectivity index (χ1) is 20.1. The van der Waals surface area contributed by atoms with Crippen molar-refractivity contribution in [2.24, 2.45) is 11.1 Å². The largest absolute Gasteiger partial charge is 0.476 e. The molecule has 0 bridgehead atoms. The summed E-state index contributed by atoms with van der Waals surface area (Å²) < 4.78 is 40.5. The van der Waals surface area contributed by atoms with Crippen LogP contribution in [-0.4, -0.2) is 41.5 Å². The number of halogens is 1. The molecule has 1 amide bonds. The average molecular weight is 609 g/mol. The summed E-state index contributed by atoms with van der Waals surface area (Å²) in [5.41, 5.74) is 4.67. The molecule has 12 heteroatoms. The minimum atomic E-state index is -4.22. The van der Waals surface area contributed by atoms with E-state index in [4.69, 9.17) is 5.14 Å². The first kappa shape index (κ1) is 28.3. The van der Waals surface area contributed by atoms with E-state index in [0.717, 1.165) is 60.3 Å². The number of carbonyl (C=O) groups is 2. The Labute approximate surface area is 246 Å². The van der Waals surface area contributed by atoms with Gasteiger partial charge in [0.1, 0.15) is 15.7 Å². The number of nitrogens with two attached hydrogens (primary N) is 1. The Morgan fingerprint density at radius 2 is 1.95 bits per heavy atom. The molecule has 0 radical (unpaired) electrons. The van der Waals surface area contributed by atoms with Gasteiger partial charge >= 0.3 is 5.97 Å². The van der Waals surface area contributed by atoms with Crippen LogP contribution in [0.5, 0.6) is 0 Å². The van der Waals surface area contributed by atoms with Crippen LogP contribution in [0.2, 0.25) is 0 Å². The van der Waals surface area contributed by atoms with Crippen molar-refractivity contribution < 1.29 is 27.5 Å². The number of benzene rings is 2. The molecule has 3 heterocycles. The predicted octanol–water partition coefficient (Wildman–Crippen LogP) is 5.28. The number of primary sulfonamides is 1. The number of carboxylic acid groups (broad SMARTS) is 1. The van der Waals surface area contributed by atoms with E-state index in [0.29, 0.717) is 29.5 Å². The molecule has 1 saturated heterocycles. The summed E-state index contributed by atoms with van der Waals surface area (Å²) >= 11 is 1.25. The Hall–Kier alpha value is -3.87. The Morgan fingerprint density at radius 3 is 2.62 bits per heavy atom. The normalized spacial score (nSPS) is 15.8. The Kier molecular flexibility index (Phi) is 7.46. The maximum atomic E-state index is 14.9. The second kappa shape index (κ2) is 11.1. The standard InChI is InChI=1S/C30H29FN4O5S2/c31-23-12-19(9-10-27(23)42(32,39)40)16-35-25(20-4-3-5-21(14-20)34-11-2-1-6-28(34)36)15-22(26(35)13-18-7-8-18)29-33-24(17-41-29)30(37)38/h3-5,9-10,12,14-15,17-18H,1-2,6-8,11,13,16H2,(H,37,38)(H2,32,39,40). The van der Waals surface area contributed by atoms with E-state index in [9.17, 15) is 27.5 Å². The van der Waals surface area contributed by atoms with Crippen LogP contribution in [0.3, 0.4) is 0 Å². The molecule has 0 atom stereocenters. The predicted molar refractivity (Wildman–Crippen MR) is 157 cm³/mol. The molecule has 2 aliphatic rings. The smallest absolute Gasteiger partial charge is 0.355 e. The van der Waals surface area contributed by atoms with Crippen LogP contribution in [-0.2, 0) is 27.8 Å². The summed E-state index contributed by atoms with van der Waals surface area (Å²) in [6, 6.07) is 13.6. The molecule has 42 heavy (non-hydrogen) atoms. The number of anilines is 1. The minimum Gasteiger partial charge on any atom is -0.476 e. The number of aromatic nitrogens is 2. The van der Waals surface area contributed by atoms with E-state index >= 15 is 0 Å². The van der Waals surface area contributed by atoms with Gasteiger partial charge in [-0.1, -0.05) is 18.2 Å². The molecule has 2 aromatic carbocycles. The molecular formula is C30H29FN4O5S2. The number of carboxylic acids is 1. The van der Waals surface area contributed by atoms with Crippen molar-refractivity contribution in [1.82, 2.24) is 9.55 Å². The number of piperidine rings is 1. The molecule has 0 unspecified atom stereocenters. The molecule has 1 saturated carbocycles. The fraction of sp³-hybridized carbons (Fsp3) is 0.300. The lowest BCUT2D eigenvalue weighted by atomic mass is 10.1. The summed E-state index contributed by atoms with van der Waals surface area (Å²) in [6.45, 7) is 0.872. The Morgan fingerprint density at radius 1 is 1.14 bits per heavy atom. The van der Waals surface area contributed by atoms with Gasteiger partial charge in [0, 0.05) is 53.1 Å². The van der Waals surface area contributed by atoms with Gasteiger partial charge in [0.05, 0.1) is 0 Å². The maximum absolute atomic E-state index is 14.9. The number of thiazole rings is 1. The van der Waals surface area contributed by atoms with Crippen LogP contribution in [0.15, 0.2) is 58.8 Å². The summed E-state index contributed by atoms with van der Waals surface area (Å²) in [6.07, 6.45) is 5.17. The summed E-state index contributed by atoms with van der Waals surface area (Å²) in [7, 11) is -4.22. The van der Waals surface area contributed by atoms with Gasteiger partial charge in [-0.25, -0.2) is 27.7 Å².